The lowest BCUT2D eigenvalue weighted by molar-refractivity contribution is 0.0697. The monoisotopic (exact) mass is 396 g/mol. The summed E-state index contributed by atoms with van der Waals surface area (Å²) in [5.41, 5.74) is 5.04. The number of rotatable bonds is 5. The molecule has 2 aromatic rings. The summed E-state index contributed by atoms with van der Waals surface area (Å²) in [5, 5.41) is 9.76. The van der Waals surface area contributed by atoms with Gasteiger partial charge in [-0.2, -0.15) is 0 Å². The van der Waals surface area contributed by atoms with Crippen molar-refractivity contribution in [1.29, 1.82) is 0 Å². The molecule has 28 heavy (non-hydrogen) atoms. The topological polar surface area (TPSA) is 52.9 Å². The molecule has 1 N–H and O–H groups in total. The number of anilines is 1. The number of carbonyl (C=O) groups is 1. The van der Waals surface area contributed by atoms with Crippen molar-refractivity contribution in [2.75, 3.05) is 11.4 Å². The Labute approximate surface area is 171 Å². The van der Waals surface area contributed by atoms with Gasteiger partial charge in [-0.05, 0) is 63.1 Å². The highest BCUT2D eigenvalue weighted by molar-refractivity contribution is 6.33. The first-order chi connectivity index (χ1) is 13.2. The Balaban J connectivity index is 2.01. The van der Waals surface area contributed by atoms with Crippen molar-refractivity contribution >= 4 is 40.7 Å². The van der Waals surface area contributed by atoms with E-state index in [1.807, 2.05) is 6.07 Å². The Kier molecular flexibility index (Phi) is 5.61. The maximum atomic E-state index is 11.1. The van der Waals surface area contributed by atoms with Crippen molar-refractivity contribution in [3.05, 3.63) is 64.2 Å². The maximum absolute atomic E-state index is 11.1. The first kappa shape index (κ1) is 20.2. The first-order valence-electron chi connectivity index (χ1n) is 9.41. The highest BCUT2D eigenvalue weighted by Gasteiger charge is 2.31. The van der Waals surface area contributed by atoms with E-state index in [4.69, 9.17) is 16.7 Å². The van der Waals surface area contributed by atoms with E-state index in [0.29, 0.717) is 10.7 Å². The zero-order valence-electron chi connectivity index (χ0n) is 16.7. The molecule has 1 aliphatic heterocycles. The van der Waals surface area contributed by atoms with Crippen LogP contribution in [0.4, 0.5) is 11.4 Å². The molecule has 0 saturated carbocycles. The van der Waals surface area contributed by atoms with E-state index in [9.17, 15) is 4.79 Å². The smallest absolute Gasteiger partial charge is 0.335 e. The second-order valence-corrected chi connectivity index (χ2v) is 8.04. The molecular formula is C23H25ClN2O2. The molecule has 0 atom stereocenters. The molecule has 2 aromatic carbocycles. The normalized spacial score (nSPS) is 15.5. The number of hydrogen-bond acceptors (Lipinski definition) is 3. The molecular weight excluding hydrogens is 372 g/mol. The third-order valence-corrected chi connectivity index (χ3v) is 5.32. The fourth-order valence-electron chi connectivity index (χ4n) is 3.71. The van der Waals surface area contributed by atoms with E-state index in [1.165, 1.54) is 5.57 Å². The minimum atomic E-state index is -0.969. The number of aliphatic imine (C=N–C) groups is 1. The molecule has 0 fully saturated rings. The van der Waals surface area contributed by atoms with Gasteiger partial charge in [0, 0.05) is 29.6 Å². The number of carboxylic acids is 1. The fourth-order valence-corrected chi connectivity index (χ4v) is 3.92. The van der Waals surface area contributed by atoms with Gasteiger partial charge >= 0.3 is 5.97 Å². The zero-order valence-corrected chi connectivity index (χ0v) is 17.4. The molecule has 0 saturated heterocycles. The largest absolute Gasteiger partial charge is 0.478 e. The van der Waals surface area contributed by atoms with E-state index < -0.39 is 5.97 Å². The van der Waals surface area contributed by atoms with Gasteiger partial charge in [-0.15, -0.1) is 0 Å². The minimum Gasteiger partial charge on any atom is -0.478 e. The Morgan fingerprint density at radius 1 is 1.29 bits per heavy atom. The summed E-state index contributed by atoms with van der Waals surface area (Å²) < 4.78 is 0. The zero-order chi connectivity index (χ0) is 20.5. The van der Waals surface area contributed by atoms with E-state index in [1.54, 1.807) is 30.5 Å². The summed E-state index contributed by atoms with van der Waals surface area (Å²) in [7, 11) is 0. The number of halogens is 1. The molecule has 1 heterocycles. The van der Waals surface area contributed by atoms with Crippen molar-refractivity contribution in [2.24, 2.45) is 4.99 Å². The van der Waals surface area contributed by atoms with E-state index >= 15 is 0 Å². The number of aromatic carboxylic acids is 1. The summed E-state index contributed by atoms with van der Waals surface area (Å²) >= 11 is 6.58. The Bertz CT molecular complexity index is 977. The van der Waals surface area contributed by atoms with Gasteiger partial charge in [-0.1, -0.05) is 30.7 Å². The van der Waals surface area contributed by atoms with Crippen molar-refractivity contribution < 1.29 is 9.90 Å². The van der Waals surface area contributed by atoms with Crippen molar-refractivity contribution in [2.45, 2.75) is 39.7 Å². The third kappa shape index (κ3) is 3.97. The van der Waals surface area contributed by atoms with Gasteiger partial charge in [-0.3, -0.25) is 4.99 Å². The van der Waals surface area contributed by atoms with Gasteiger partial charge in [0.25, 0.3) is 0 Å². The van der Waals surface area contributed by atoms with Gasteiger partial charge in [0.2, 0.25) is 0 Å². The van der Waals surface area contributed by atoms with Crippen LogP contribution in [0.5, 0.6) is 0 Å². The van der Waals surface area contributed by atoms with Gasteiger partial charge in [0.15, 0.2) is 0 Å². The van der Waals surface area contributed by atoms with Crippen LogP contribution in [-0.2, 0) is 0 Å². The van der Waals surface area contributed by atoms with Crippen LogP contribution in [0.25, 0.3) is 5.57 Å². The standard InChI is InChI=1S/C23H25ClN2O2/c1-5-9-26-21-12-20(24)17(11-19(21)15(2)13-23(26,3)4)14-25-18-8-6-7-16(10-18)22(27)28/h6-8,10-14H,5,9H2,1-4H3,(H,27,28). The lowest BCUT2D eigenvalue weighted by Gasteiger charge is -2.43. The van der Waals surface area contributed by atoms with E-state index in [-0.39, 0.29) is 11.1 Å². The molecule has 0 bridgehead atoms. The first-order valence-corrected chi connectivity index (χ1v) is 9.79. The average molecular weight is 397 g/mol. The van der Waals surface area contributed by atoms with Gasteiger partial charge in [0.05, 0.1) is 21.8 Å². The van der Waals surface area contributed by atoms with Gasteiger partial charge in [0.1, 0.15) is 0 Å². The second kappa shape index (κ2) is 7.80. The summed E-state index contributed by atoms with van der Waals surface area (Å²) in [6.45, 7) is 9.68. The average Bonchev–Trinajstić information content (AvgIpc) is 2.63. The second-order valence-electron chi connectivity index (χ2n) is 7.64. The molecule has 0 amide bonds. The lowest BCUT2D eigenvalue weighted by atomic mass is 9.88. The number of benzene rings is 2. The number of carboxylic acid groups (broad SMARTS) is 1. The van der Waals surface area contributed by atoms with E-state index in [2.05, 4.69) is 49.7 Å². The molecule has 0 radical (unpaired) electrons. The van der Waals surface area contributed by atoms with Crippen LogP contribution in [-0.4, -0.2) is 29.4 Å². The van der Waals surface area contributed by atoms with Crippen LogP contribution >= 0.6 is 11.6 Å². The summed E-state index contributed by atoms with van der Waals surface area (Å²) in [6.07, 6.45) is 5.04. The summed E-state index contributed by atoms with van der Waals surface area (Å²) in [4.78, 5) is 18.0. The van der Waals surface area contributed by atoms with Gasteiger partial charge in [-0.25, -0.2) is 4.79 Å². The molecule has 146 valence electrons. The van der Waals surface area contributed by atoms with Crippen molar-refractivity contribution in [1.82, 2.24) is 0 Å². The highest BCUT2D eigenvalue weighted by atomic mass is 35.5. The van der Waals surface area contributed by atoms with Crippen LogP contribution in [0.1, 0.15) is 55.6 Å². The Hall–Kier alpha value is -2.59. The van der Waals surface area contributed by atoms with E-state index in [0.717, 1.165) is 29.8 Å². The van der Waals surface area contributed by atoms with Crippen molar-refractivity contribution in [3.8, 4) is 0 Å². The highest BCUT2D eigenvalue weighted by Crippen LogP contribution is 2.41. The van der Waals surface area contributed by atoms with Crippen LogP contribution in [0, 0.1) is 0 Å². The van der Waals surface area contributed by atoms with Crippen molar-refractivity contribution in [3.63, 3.8) is 0 Å². The minimum absolute atomic E-state index is 0.0662. The van der Waals surface area contributed by atoms with Crippen LogP contribution < -0.4 is 4.90 Å². The quantitative estimate of drug-likeness (QED) is 0.612. The molecule has 1 aliphatic rings. The third-order valence-electron chi connectivity index (χ3n) is 4.99. The molecule has 4 nitrogen and oxygen atoms in total. The molecule has 0 aliphatic carbocycles. The van der Waals surface area contributed by atoms with Crippen LogP contribution in [0.3, 0.4) is 0 Å². The number of nitrogens with zero attached hydrogens (tertiary/aromatic N) is 2. The summed E-state index contributed by atoms with van der Waals surface area (Å²) in [5.74, 6) is -0.969. The SMILES string of the molecule is CCCN1c2cc(Cl)c(C=Nc3cccc(C(=O)O)c3)cc2C(C)=CC1(C)C. The van der Waals surface area contributed by atoms with Gasteiger partial charge < -0.3 is 10.0 Å². The summed E-state index contributed by atoms with van der Waals surface area (Å²) in [6, 6.07) is 10.6. The molecule has 0 aromatic heterocycles. The molecule has 0 unspecified atom stereocenters. The Morgan fingerprint density at radius 3 is 2.71 bits per heavy atom. The molecule has 0 spiro atoms. The predicted molar refractivity (Wildman–Crippen MR) is 117 cm³/mol. The number of hydrogen-bond donors (Lipinski definition) is 1. The fraction of sp³-hybridized carbons (Fsp3) is 0.304. The molecule has 5 heteroatoms. The predicted octanol–water partition coefficient (Wildman–Crippen LogP) is 6.20. The Morgan fingerprint density at radius 2 is 2.04 bits per heavy atom. The number of fused-ring (bicyclic) bond motifs is 1. The van der Waals surface area contributed by atoms with Crippen LogP contribution in [0.15, 0.2) is 47.5 Å². The molecule has 3 rings (SSSR count). The number of allylic oxidation sites excluding steroid dienone is 1. The lowest BCUT2D eigenvalue weighted by Crippen LogP contribution is -2.45. The maximum Gasteiger partial charge on any atom is 0.335 e. The van der Waals surface area contributed by atoms with Crippen LogP contribution in [0.2, 0.25) is 5.02 Å².